The molecule has 7 nitrogen and oxygen atoms in total. The lowest BCUT2D eigenvalue weighted by molar-refractivity contribution is -0.138. The molecule has 4 rings (SSSR count). The molecule has 30 heavy (non-hydrogen) atoms. The molecule has 1 N–H and O–H groups in total. The molecule has 3 aromatic rings. The number of aryl methyl sites for hydroxylation is 1. The Morgan fingerprint density at radius 1 is 1.23 bits per heavy atom. The van der Waals surface area contributed by atoms with Gasteiger partial charge in [0.15, 0.2) is 0 Å². The van der Waals surface area contributed by atoms with Crippen LogP contribution in [0.5, 0.6) is 0 Å². The van der Waals surface area contributed by atoms with E-state index in [9.17, 15) is 23.1 Å². The summed E-state index contributed by atoms with van der Waals surface area (Å²) >= 11 is 2.77. The highest BCUT2D eigenvalue weighted by Crippen LogP contribution is 2.32. The lowest BCUT2D eigenvalue weighted by Crippen LogP contribution is -2.51. The number of anilines is 1. The summed E-state index contributed by atoms with van der Waals surface area (Å²) < 4.78 is 37.8. The van der Waals surface area contributed by atoms with Crippen LogP contribution in [0.25, 0.3) is 10.6 Å². The molecule has 1 saturated heterocycles. The van der Waals surface area contributed by atoms with E-state index in [0.717, 1.165) is 28.7 Å². The van der Waals surface area contributed by atoms with Crippen LogP contribution in [-0.4, -0.2) is 43.9 Å². The Labute approximate surface area is 177 Å². The largest absolute Gasteiger partial charge is 0.419 e. The molecule has 0 amide bonds. The van der Waals surface area contributed by atoms with Crippen LogP contribution in [-0.2, 0) is 24.0 Å². The second-order valence-electron chi connectivity index (χ2n) is 6.82. The average Bonchev–Trinajstić information content (AvgIpc) is 3.26. The fourth-order valence-corrected chi connectivity index (χ4v) is 4.78. The standard InChI is InChI=1S/C18H16F3N5O2S2/c1-9-16(30-15(7-27)24-9)12-8-29-14(25-12)2-13(28)10-5-26(6-10)17-22-3-11(4-23-17)18(19,20)21/h3-4,8,10,27H,2,5-7H2,1H3. The first kappa shape index (κ1) is 20.8. The van der Waals surface area contributed by atoms with Crippen molar-refractivity contribution in [2.45, 2.75) is 26.1 Å². The van der Waals surface area contributed by atoms with Crippen molar-refractivity contribution in [2.24, 2.45) is 5.92 Å². The van der Waals surface area contributed by atoms with Crippen molar-refractivity contribution in [3.8, 4) is 10.6 Å². The highest BCUT2D eigenvalue weighted by molar-refractivity contribution is 7.16. The van der Waals surface area contributed by atoms with Gasteiger partial charge >= 0.3 is 6.18 Å². The summed E-state index contributed by atoms with van der Waals surface area (Å²) in [5.41, 5.74) is 0.630. The number of ketones is 1. The number of alkyl halides is 3. The van der Waals surface area contributed by atoms with Crippen LogP contribution in [0.3, 0.4) is 0 Å². The highest BCUT2D eigenvalue weighted by atomic mass is 32.1. The zero-order valence-corrected chi connectivity index (χ0v) is 17.3. The van der Waals surface area contributed by atoms with Gasteiger partial charge in [0, 0.05) is 30.9 Å². The summed E-state index contributed by atoms with van der Waals surface area (Å²) in [6.07, 6.45) is -2.78. The number of hydrogen-bond donors (Lipinski definition) is 1. The van der Waals surface area contributed by atoms with Crippen molar-refractivity contribution in [1.82, 2.24) is 19.9 Å². The number of thiazole rings is 2. The van der Waals surface area contributed by atoms with Crippen LogP contribution in [0, 0.1) is 12.8 Å². The monoisotopic (exact) mass is 455 g/mol. The van der Waals surface area contributed by atoms with Crippen LogP contribution in [0.2, 0.25) is 0 Å². The van der Waals surface area contributed by atoms with Gasteiger partial charge in [-0.15, -0.1) is 22.7 Å². The quantitative estimate of drug-likeness (QED) is 0.611. The van der Waals surface area contributed by atoms with Crippen LogP contribution >= 0.6 is 22.7 Å². The predicted molar refractivity (Wildman–Crippen MR) is 105 cm³/mol. The summed E-state index contributed by atoms with van der Waals surface area (Å²) in [4.78, 5) is 31.4. The number of rotatable bonds is 6. The third-order valence-corrected chi connectivity index (χ3v) is 6.68. The van der Waals surface area contributed by atoms with Crippen molar-refractivity contribution in [3.05, 3.63) is 39.0 Å². The number of aliphatic hydroxyl groups is 1. The van der Waals surface area contributed by atoms with Gasteiger partial charge in [0.25, 0.3) is 0 Å². The number of carbonyl (C=O) groups is 1. The smallest absolute Gasteiger partial charge is 0.389 e. The van der Waals surface area contributed by atoms with Gasteiger partial charge in [-0.3, -0.25) is 4.79 Å². The van der Waals surface area contributed by atoms with E-state index in [2.05, 4.69) is 19.9 Å². The zero-order valence-electron chi connectivity index (χ0n) is 15.7. The molecule has 0 saturated carbocycles. The Kier molecular flexibility index (Phi) is 5.55. The van der Waals surface area contributed by atoms with Crippen molar-refractivity contribution < 1.29 is 23.1 Å². The maximum Gasteiger partial charge on any atom is 0.419 e. The van der Waals surface area contributed by atoms with Crippen molar-refractivity contribution >= 4 is 34.4 Å². The number of Topliss-reactive ketones (excluding diaryl/α,β-unsaturated/α-hetero) is 1. The predicted octanol–water partition coefficient (Wildman–Crippen LogP) is 3.12. The number of aliphatic hydroxyl groups excluding tert-OH is 1. The van der Waals surface area contributed by atoms with Crippen molar-refractivity contribution in [3.63, 3.8) is 0 Å². The molecule has 0 atom stereocenters. The minimum absolute atomic E-state index is 0.0242. The van der Waals surface area contributed by atoms with Gasteiger partial charge in [-0.25, -0.2) is 19.9 Å². The molecular weight excluding hydrogens is 439 g/mol. The van der Waals surface area contributed by atoms with Crippen LogP contribution in [0.15, 0.2) is 17.8 Å². The zero-order chi connectivity index (χ0) is 21.5. The SMILES string of the molecule is Cc1nc(CO)sc1-c1csc(CC(=O)C2CN(c3ncc(C(F)(F)F)cn3)C2)n1. The molecule has 0 aromatic carbocycles. The molecule has 0 radical (unpaired) electrons. The van der Waals surface area contributed by atoms with Gasteiger partial charge in [0.05, 0.1) is 40.8 Å². The number of nitrogens with zero attached hydrogens (tertiary/aromatic N) is 5. The number of hydrogen-bond acceptors (Lipinski definition) is 9. The van der Waals surface area contributed by atoms with Crippen LogP contribution < -0.4 is 4.90 Å². The molecule has 0 aliphatic carbocycles. The van der Waals surface area contributed by atoms with E-state index < -0.39 is 11.7 Å². The normalized spacial score (nSPS) is 14.8. The van der Waals surface area contributed by atoms with Gasteiger partial charge in [-0.05, 0) is 6.92 Å². The van der Waals surface area contributed by atoms with Gasteiger partial charge in [0.2, 0.25) is 5.95 Å². The molecule has 0 spiro atoms. The lowest BCUT2D eigenvalue weighted by atomic mass is 9.94. The van der Waals surface area contributed by atoms with E-state index in [1.807, 2.05) is 12.3 Å². The molecule has 158 valence electrons. The molecule has 1 aliphatic rings. The summed E-state index contributed by atoms with van der Waals surface area (Å²) in [5, 5.41) is 12.4. The highest BCUT2D eigenvalue weighted by Gasteiger charge is 2.36. The first-order chi connectivity index (χ1) is 14.2. The Balaban J connectivity index is 1.34. The first-order valence-corrected chi connectivity index (χ1v) is 10.6. The molecule has 1 fully saturated rings. The Morgan fingerprint density at radius 2 is 1.93 bits per heavy atom. The maximum atomic E-state index is 12.6. The van der Waals surface area contributed by atoms with Crippen molar-refractivity contribution in [1.29, 1.82) is 0 Å². The minimum Gasteiger partial charge on any atom is -0.389 e. The van der Waals surface area contributed by atoms with E-state index in [0.29, 0.717) is 23.1 Å². The third-order valence-electron chi connectivity index (χ3n) is 4.67. The minimum atomic E-state index is -4.48. The average molecular weight is 455 g/mol. The molecule has 1 aliphatic heterocycles. The third kappa shape index (κ3) is 4.20. The number of halogens is 3. The van der Waals surface area contributed by atoms with E-state index in [1.54, 1.807) is 4.90 Å². The Hall–Kier alpha value is -2.44. The molecular formula is C18H16F3N5O2S2. The van der Waals surface area contributed by atoms with E-state index in [1.165, 1.54) is 22.7 Å². The van der Waals surface area contributed by atoms with Gasteiger partial charge in [-0.2, -0.15) is 13.2 Å². The van der Waals surface area contributed by atoms with Gasteiger partial charge < -0.3 is 10.0 Å². The molecule has 3 aromatic heterocycles. The molecule has 12 heteroatoms. The topological polar surface area (TPSA) is 92.1 Å². The summed E-state index contributed by atoms with van der Waals surface area (Å²) in [6.45, 7) is 2.47. The second-order valence-corrected chi connectivity index (χ2v) is 8.85. The summed E-state index contributed by atoms with van der Waals surface area (Å²) in [6, 6.07) is 0. The summed E-state index contributed by atoms with van der Waals surface area (Å²) in [7, 11) is 0. The maximum absolute atomic E-state index is 12.6. The first-order valence-electron chi connectivity index (χ1n) is 8.93. The van der Waals surface area contributed by atoms with E-state index >= 15 is 0 Å². The van der Waals surface area contributed by atoms with E-state index in [-0.39, 0.29) is 30.7 Å². The van der Waals surface area contributed by atoms with Crippen molar-refractivity contribution in [2.75, 3.05) is 18.0 Å². The number of carbonyl (C=O) groups excluding carboxylic acids is 1. The van der Waals surface area contributed by atoms with Gasteiger partial charge in [0.1, 0.15) is 15.8 Å². The van der Waals surface area contributed by atoms with Gasteiger partial charge in [-0.1, -0.05) is 0 Å². The molecule has 0 unspecified atom stereocenters. The van der Waals surface area contributed by atoms with Crippen LogP contribution in [0.4, 0.5) is 19.1 Å². The molecule has 4 heterocycles. The Bertz CT molecular complexity index is 1060. The fourth-order valence-electron chi connectivity index (χ4n) is 3.02. The lowest BCUT2D eigenvalue weighted by Gasteiger charge is -2.38. The fraction of sp³-hybridized carbons (Fsp3) is 0.389. The van der Waals surface area contributed by atoms with E-state index in [4.69, 9.17) is 0 Å². The van der Waals surface area contributed by atoms with Crippen LogP contribution in [0.1, 0.15) is 21.3 Å². The number of aromatic nitrogens is 4. The molecule has 0 bridgehead atoms. The second kappa shape index (κ2) is 8.00. The summed E-state index contributed by atoms with van der Waals surface area (Å²) in [5.74, 6) is -0.0190. The Morgan fingerprint density at radius 3 is 2.53 bits per heavy atom.